The topological polar surface area (TPSA) is 26.3 Å². The van der Waals surface area contributed by atoms with Gasteiger partial charge in [0.2, 0.25) is 0 Å². The quantitative estimate of drug-likeness (QED) is 0.708. The SMILES string of the molecule is CCC(=O)c1ccc(Oc2cc(Cl)cc(Cl)c2)cc1. The molecule has 0 N–H and O–H groups in total. The molecule has 0 aliphatic rings. The highest BCUT2D eigenvalue weighted by molar-refractivity contribution is 6.34. The Morgan fingerprint density at radius 3 is 2.11 bits per heavy atom. The predicted octanol–water partition coefficient (Wildman–Crippen LogP) is 5.38. The second kappa shape index (κ2) is 6.09. The first kappa shape index (κ1) is 13.9. The minimum Gasteiger partial charge on any atom is -0.457 e. The summed E-state index contributed by atoms with van der Waals surface area (Å²) >= 11 is 11.8. The van der Waals surface area contributed by atoms with Crippen molar-refractivity contribution in [3.8, 4) is 11.5 Å². The van der Waals surface area contributed by atoms with Crippen LogP contribution in [0.25, 0.3) is 0 Å². The Kier molecular flexibility index (Phi) is 4.46. The molecule has 2 nitrogen and oxygen atoms in total. The summed E-state index contributed by atoms with van der Waals surface area (Å²) in [4.78, 5) is 11.5. The first-order valence-electron chi connectivity index (χ1n) is 5.85. The van der Waals surface area contributed by atoms with Crippen LogP contribution in [0.4, 0.5) is 0 Å². The maximum atomic E-state index is 11.5. The number of rotatable bonds is 4. The Labute approximate surface area is 121 Å². The van der Waals surface area contributed by atoms with Crippen molar-refractivity contribution < 1.29 is 9.53 Å². The van der Waals surface area contributed by atoms with E-state index in [1.807, 2.05) is 6.92 Å². The molecule has 0 saturated heterocycles. The molecule has 0 aliphatic heterocycles. The van der Waals surface area contributed by atoms with Crippen LogP contribution in [0.3, 0.4) is 0 Å². The number of hydrogen-bond acceptors (Lipinski definition) is 2. The molecule has 0 spiro atoms. The third-order valence-corrected chi connectivity index (χ3v) is 3.01. The highest BCUT2D eigenvalue weighted by atomic mass is 35.5. The first-order valence-corrected chi connectivity index (χ1v) is 6.61. The van der Waals surface area contributed by atoms with Gasteiger partial charge in [0.1, 0.15) is 11.5 Å². The monoisotopic (exact) mass is 294 g/mol. The molecule has 0 aromatic heterocycles. The molecular weight excluding hydrogens is 283 g/mol. The van der Waals surface area contributed by atoms with Gasteiger partial charge < -0.3 is 4.74 Å². The summed E-state index contributed by atoms with van der Waals surface area (Å²) in [5.41, 5.74) is 0.680. The molecule has 0 unspecified atom stereocenters. The number of carbonyl (C=O) groups is 1. The van der Waals surface area contributed by atoms with E-state index in [-0.39, 0.29) is 5.78 Å². The smallest absolute Gasteiger partial charge is 0.162 e. The third-order valence-electron chi connectivity index (χ3n) is 2.57. The molecule has 2 aromatic rings. The summed E-state index contributed by atoms with van der Waals surface area (Å²) in [6.07, 6.45) is 0.490. The number of benzene rings is 2. The summed E-state index contributed by atoms with van der Waals surface area (Å²) < 4.78 is 5.63. The van der Waals surface area contributed by atoms with Crippen molar-refractivity contribution in [1.29, 1.82) is 0 Å². The highest BCUT2D eigenvalue weighted by Gasteiger charge is 2.04. The van der Waals surface area contributed by atoms with Crippen LogP contribution in [-0.4, -0.2) is 5.78 Å². The lowest BCUT2D eigenvalue weighted by Crippen LogP contribution is -1.95. The Hall–Kier alpha value is -1.51. The lowest BCUT2D eigenvalue weighted by molar-refractivity contribution is 0.0988. The number of Topliss-reactive ketones (excluding diaryl/α,β-unsaturated/α-hetero) is 1. The molecule has 0 heterocycles. The van der Waals surface area contributed by atoms with Gasteiger partial charge in [-0.3, -0.25) is 4.79 Å². The summed E-state index contributed by atoms with van der Waals surface area (Å²) in [6.45, 7) is 1.83. The molecular formula is C15H12Cl2O2. The van der Waals surface area contributed by atoms with Crippen molar-refractivity contribution in [3.05, 3.63) is 58.1 Å². The van der Waals surface area contributed by atoms with Gasteiger partial charge in [0.15, 0.2) is 5.78 Å². The lowest BCUT2D eigenvalue weighted by atomic mass is 10.1. The standard InChI is InChI=1S/C15H12Cl2O2/c1-2-15(18)10-3-5-13(6-4-10)19-14-8-11(16)7-12(17)9-14/h3-9H,2H2,1H3. The average molecular weight is 295 g/mol. The van der Waals surface area contributed by atoms with Crippen LogP contribution in [0, 0.1) is 0 Å². The van der Waals surface area contributed by atoms with Gasteiger partial charge in [0.05, 0.1) is 0 Å². The van der Waals surface area contributed by atoms with Gasteiger partial charge in [-0.05, 0) is 42.5 Å². The minimum absolute atomic E-state index is 0.109. The van der Waals surface area contributed by atoms with Gasteiger partial charge in [-0.15, -0.1) is 0 Å². The van der Waals surface area contributed by atoms with Crippen molar-refractivity contribution in [2.24, 2.45) is 0 Å². The summed E-state index contributed by atoms with van der Waals surface area (Å²) in [6, 6.07) is 12.0. The van der Waals surface area contributed by atoms with E-state index in [4.69, 9.17) is 27.9 Å². The Morgan fingerprint density at radius 2 is 1.58 bits per heavy atom. The van der Waals surface area contributed by atoms with Crippen molar-refractivity contribution >= 4 is 29.0 Å². The fraction of sp³-hybridized carbons (Fsp3) is 0.133. The second-order valence-corrected chi connectivity index (χ2v) is 4.88. The molecule has 19 heavy (non-hydrogen) atoms. The zero-order valence-electron chi connectivity index (χ0n) is 10.3. The van der Waals surface area contributed by atoms with Crippen LogP contribution in [0.2, 0.25) is 10.0 Å². The zero-order chi connectivity index (χ0) is 13.8. The van der Waals surface area contributed by atoms with Gasteiger partial charge in [0, 0.05) is 22.0 Å². The molecule has 0 atom stereocenters. The normalized spacial score (nSPS) is 10.3. The fourth-order valence-electron chi connectivity index (χ4n) is 1.64. The molecule has 0 saturated carbocycles. The second-order valence-electron chi connectivity index (χ2n) is 4.01. The van der Waals surface area contributed by atoms with Gasteiger partial charge in [-0.2, -0.15) is 0 Å². The maximum absolute atomic E-state index is 11.5. The highest BCUT2D eigenvalue weighted by Crippen LogP contribution is 2.28. The molecule has 0 aliphatic carbocycles. The van der Waals surface area contributed by atoms with E-state index in [9.17, 15) is 4.79 Å². The predicted molar refractivity (Wildman–Crippen MR) is 77.6 cm³/mol. The minimum atomic E-state index is 0.109. The van der Waals surface area contributed by atoms with Crippen molar-refractivity contribution in [2.45, 2.75) is 13.3 Å². The molecule has 2 rings (SSSR count). The van der Waals surface area contributed by atoms with Gasteiger partial charge in [-0.1, -0.05) is 30.1 Å². The summed E-state index contributed by atoms with van der Waals surface area (Å²) in [5.74, 6) is 1.30. The number of ether oxygens (including phenoxy) is 1. The molecule has 0 bridgehead atoms. The number of hydrogen-bond donors (Lipinski definition) is 0. The Morgan fingerprint density at radius 1 is 1.00 bits per heavy atom. The molecule has 98 valence electrons. The number of ketones is 1. The van der Waals surface area contributed by atoms with Crippen LogP contribution in [0.5, 0.6) is 11.5 Å². The lowest BCUT2D eigenvalue weighted by Gasteiger charge is -2.07. The van der Waals surface area contributed by atoms with Crippen LogP contribution in [0.15, 0.2) is 42.5 Å². The first-order chi connectivity index (χ1) is 9.08. The third kappa shape index (κ3) is 3.72. The summed E-state index contributed by atoms with van der Waals surface area (Å²) in [5, 5.41) is 1.03. The average Bonchev–Trinajstić information content (AvgIpc) is 2.37. The Balaban J connectivity index is 2.17. The van der Waals surface area contributed by atoms with Gasteiger partial charge in [0.25, 0.3) is 0 Å². The van der Waals surface area contributed by atoms with Crippen molar-refractivity contribution in [2.75, 3.05) is 0 Å². The van der Waals surface area contributed by atoms with E-state index >= 15 is 0 Å². The molecule has 0 radical (unpaired) electrons. The summed E-state index contributed by atoms with van der Waals surface area (Å²) in [7, 11) is 0. The number of halogens is 2. The Bertz CT molecular complexity index is 571. The van der Waals surface area contributed by atoms with E-state index < -0.39 is 0 Å². The van der Waals surface area contributed by atoms with Gasteiger partial charge in [-0.25, -0.2) is 0 Å². The zero-order valence-corrected chi connectivity index (χ0v) is 11.8. The molecule has 4 heteroatoms. The van der Waals surface area contributed by atoms with E-state index in [2.05, 4.69) is 0 Å². The van der Waals surface area contributed by atoms with Crippen molar-refractivity contribution in [3.63, 3.8) is 0 Å². The van der Waals surface area contributed by atoms with E-state index in [1.54, 1.807) is 42.5 Å². The molecule has 0 amide bonds. The van der Waals surface area contributed by atoms with Crippen LogP contribution >= 0.6 is 23.2 Å². The molecule has 0 fully saturated rings. The fourth-order valence-corrected chi connectivity index (χ4v) is 2.14. The van der Waals surface area contributed by atoms with Gasteiger partial charge >= 0.3 is 0 Å². The van der Waals surface area contributed by atoms with Crippen LogP contribution in [-0.2, 0) is 0 Å². The van der Waals surface area contributed by atoms with Crippen molar-refractivity contribution in [1.82, 2.24) is 0 Å². The van der Waals surface area contributed by atoms with Crippen LogP contribution < -0.4 is 4.74 Å². The van der Waals surface area contributed by atoms with Crippen LogP contribution in [0.1, 0.15) is 23.7 Å². The van der Waals surface area contributed by atoms with E-state index in [0.717, 1.165) is 0 Å². The largest absolute Gasteiger partial charge is 0.457 e. The van der Waals surface area contributed by atoms with E-state index in [0.29, 0.717) is 33.5 Å². The molecule has 2 aromatic carbocycles. The number of carbonyl (C=O) groups excluding carboxylic acids is 1. The van der Waals surface area contributed by atoms with E-state index in [1.165, 1.54) is 0 Å². The maximum Gasteiger partial charge on any atom is 0.162 e.